The second kappa shape index (κ2) is 6.59. The van der Waals surface area contributed by atoms with Crippen molar-refractivity contribution < 1.29 is 0 Å². The molecule has 0 spiro atoms. The maximum absolute atomic E-state index is 9.55. The zero-order valence-corrected chi connectivity index (χ0v) is 16.6. The van der Waals surface area contributed by atoms with E-state index in [0.717, 1.165) is 10.4 Å². The van der Waals surface area contributed by atoms with Gasteiger partial charge in [0, 0.05) is 28.4 Å². The predicted octanol–water partition coefficient (Wildman–Crippen LogP) is 6.18. The van der Waals surface area contributed by atoms with E-state index in [1.807, 2.05) is 29.5 Å². The summed E-state index contributed by atoms with van der Waals surface area (Å²) in [4.78, 5) is 3.21. The average Bonchev–Trinajstić information content (AvgIpc) is 3.30. The van der Waals surface area contributed by atoms with Gasteiger partial charge in [-0.2, -0.15) is 10.5 Å². The van der Waals surface area contributed by atoms with Crippen molar-refractivity contribution in [3.05, 3.63) is 52.4 Å². The van der Waals surface area contributed by atoms with E-state index >= 15 is 0 Å². The van der Waals surface area contributed by atoms with Gasteiger partial charge in [0.2, 0.25) is 0 Å². The molecule has 0 radical (unpaired) electrons. The highest BCUT2D eigenvalue weighted by Crippen LogP contribution is 2.46. The third-order valence-corrected chi connectivity index (χ3v) is 7.89. The second-order valence-corrected chi connectivity index (χ2v) is 9.17. The molecule has 0 saturated carbocycles. The van der Waals surface area contributed by atoms with Crippen molar-refractivity contribution >= 4 is 69.5 Å². The SMILES string of the molecule is CN(C)c1cc2sc3cc(/C=C(\C#N)c4ccc(C#N)cc4)sc3c2s1. The maximum atomic E-state index is 9.55. The number of anilines is 1. The van der Waals surface area contributed by atoms with E-state index in [4.69, 9.17) is 5.26 Å². The van der Waals surface area contributed by atoms with E-state index in [-0.39, 0.29) is 0 Å². The van der Waals surface area contributed by atoms with Gasteiger partial charge >= 0.3 is 0 Å². The molecular weight excluding hydrogens is 378 g/mol. The average molecular weight is 392 g/mol. The summed E-state index contributed by atoms with van der Waals surface area (Å²) in [5, 5.41) is 19.7. The number of fused-ring (bicyclic) bond motifs is 3. The van der Waals surface area contributed by atoms with Crippen LogP contribution in [0.15, 0.2) is 36.4 Å². The molecule has 0 atom stereocenters. The standard InChI is InChI=1S/C20H13N3S3/c1-23(2)18-9-17-20(26-18)19-16(25-17)8-15(24-19)7-14(11-22)13-5-3-12(10-21)4-6-13/h3-9H,1-2H3/b14-7+. The van der Waals surface area contributed by atoms with Gasteiger partial charge < -0.3 is 4.90 Å². The van der Waals surface area contributed by atoms with Crippen molar-refractivity contribution in [2.24, 2.45) is 0 Å². The van der Waals surface area contributed by atoms with Gasteiger partial charge in [0.05, 0.1) is 37.7 Å². The van der Waals surface area contributed by atoms with Crippen molar-refractivity contribution in [2.75, 3.05) is 19.0 Å². The molecule has 0 bridgehead atoms. The molecule has 0 N–H and O–H groups in total. The minimum Gasteiger partial charge on any atom is -0.370 e. The highest BCUT2D eigenvalue weighted by Gasteiger charge is 2.14. The lowest BCUT2D eigenvalue weighted by atomic mass is 10.0. The number of allylic oxidation sites excluding steroid dienone is 1. The molecule has 0 unspecified atom stereocenters. The molecule has 0 saturated heterocycles. The summed E-state index contributed by atoms with van der Waals surface area (Å²) < 4.78 is 5.22. The predicted molar refractivity (Wildman–Crippen MR) is 114 cm³/mol. The van der Waals surface area contributed by atoms with Crippen LogP contribution in [0.5, 0.6) is 0 Å². The third kappa shape index (κ3) is 2.89. The largest absolute Gasteiger partial charge is 0.370 e. The summed E-state index contributed by atoms with van der Waals surface area (Å²) in [6, 6.07) is 15.9. The third-order valence-electron chi connectivity index (χ3n) is 4.00. The van der Waals surface area contributed by atoms with Gasteiger partial charge in [-0.3, -0.25) is 0 Å². The highest BCUT2D eigenvalue weighted by atomic mass is 32.1. The zero-order chi connectivity index (χ0) is 18.3. The second-order valence-electron chi connectivity index (χ2n) is 5.98. The van der Waals surface area contributed by atoms with Crippen LogP contribution in [-0.2, 0) is 0 Å². The Morgan fingerprint density at radius 1 is 0.962 bits per heavy atom. The Labute approximate surface area is 163 Å². The van der Waals surface area contributed by atoms with Gasteiger partial charge in [-0.05, 0) is 35.9 Å². The zero-order valence-electron chi connectivity index (χ0n) is 14.1. The molecule has 4 rings (SSSR count). The van der Waals surface area contributed by atoms with Crippen LogP contribution >= 0.6 is 34.0 Å². The molecule has 4 aromatic rings. The molecular formula is C20H13N3S3. The Hall–Kier alpha value is -2.64. The van der Waals surface area contributed by atoms with E-state index in [9.17, 15) is 5.26 Å². The molecule has 0 aliphatic carbocycles. The first kappa shape index (κ1) is 16.8. The van der Waals surface area contributed by atoms with Crippen LogP contribution in [-0.4, -0.2) is 14.1 Å². The fourth-order valence-electron chi connectivity index (χ4n) is 2.68. The molecule has 3 heterocycles. The van der Waals surface area contributed by atoms with Crippen LogP contribution in [0.25, 0.3) is 30.4 Å². The number of hydrogen-bond acceptors (Lipinski definition) is 6. The fraction of sp³-hybridized carbons (Fsp3) is 0.100. The summed E-state index contributed by atoms with van der Waals surface area (Å²) in [5.41, 5.74) is 2.04. The van der Waals surface area contributed by atoms with Crippen LogP contribution in [0, 0.1) is 22.7 Å². The van der Waals surface area contributed by atoms with Crippen molar-refractivity contribution in [1.82, 2.24) is 0 Å². The van der Waals surface area contributed by atoms with Gasteiger partial charge in [-0.25, -0.2) is 0 Å². The van der Waals surface area contributed by atoms with Gasteiger partial charge in [0.15, 0.2) is 0 Å². The summed E-state index contributed by atoms with van der Waals surface area (Å²) in [7, 11) is 4.12. The van der Waals surface area contributed by atoms with Gasteiger partial charge in [-0.1, -0.05) is 12.1 Å². The van der Waals surface area contributed by atoms with Gasteiger partial charge in [-0.15, -0.1) is 34.0 Å². The number of nitrogens with zero attached hydrogens (tertiary/aromatic N) is 3. The molecule has 6 heteroatoms. The lowest BCUT2D eigenvalue weighted by molar-refractivity contribution is 1.16. The molecule has 1 aromatic carbocycles. The first-order chi connectivity index (χ1) is 12.6. The Morgan fingerprint density at radius 3 is 2.31 bits per heavy atom. The Bertz CT molecular complexity index is 1220. The first-order valence-electron chi connectivity index (χ1n) is 7.84. The molecule has 0 amide bonds. The first-order valence-corrected chi connectivity index (χ1v) is 10.3. The van der Waals surface area contributed by atoms with Gasteiger partial charge in [0.1, 0.15) is 0 Å². The van der Waals surface area contributed by atoms with Crippen LogP contribution in [0.2, 0.25) is 0 Å². The van der Waals surface area contributed by atoms with Crippen molar-refractivity contribution in [3.8, 4) is 12.1 Å². The van der Waals surface area contributed by atoms with Crippen molar-refractivity contribution in [2.45, 2.75) is 0 Å². The minimum atomic E-state index is 0.597. The fourth-order valence-corrected chi connectivity index (χ4v) is 6.57. The topological polar surface area (TPSA) is 50.8 Å². The summed E-state index contributed by atoms with van der Waals surface area (Å²) >= 11 is 5.34. The minimum absolute atomic E-state index is 0.597. The number of hydrogen-bond donors (Lipinski definition) is 0. The highest BCUT2D eigenvalue weighted by molar-refractivity contribution is 7.39. The number of rotatable bonds is 3. The molecule has 0 fully saturated rings. The molecule has 26 heavy (non-hydrogen) atoms. The van der Waals surface area contributed by atoms with Crippen LogP contribution in [0.3, 0.4) is 0 Å². The van der Waals surface area contributed by atoms with E-state index in [1.54, 1.807) is 34.8 Å². The van der Waals surface area contributed by atoms with Crippen molar-refractivity contribution in [3.63, 3.8) is 0 Å². The van der Waals surface area contributed by atoms with E-state index in [2.05, 4.69) is 43.3 Å². The van der Waals surface area contributed by atoms with E-state index in [0.29, 0.717) is 11.1 Å². The Balaban J connectivity index is 1.76. The van der Waals surface area contributed by atoms with Crippen LogP contribution < -0.4 is 4.90 Å². The normalized spacial score (nSPS) is 11.6. The summed E-state index contributed by atoms with van der Waals surface area (Å²) in [6.45, 7) is 0. The van der Waals surface area contributed by atoms with E-state index in [1.165, 1.54) is 23.8 Å². The van der Waals surface area contributed by atoms with Crippen LogP contribution in [0.4, 0.5) is 5.00 Å². The van der Waals surface area contributed by atoms with Crippen LogP contribution in [0.1, 0.15) is 16.0 Å². The van der Waals surface area contributed by atoms with Gasteiger partial charge in [0.25, 0.3) is 0 Å². The lowest BCUT2D eigenvalue weighted by Crippen LogP contribution is -2.05. The Kier molecular flexibility index (Phi) is 4.26. The number of nitriles is 2. The van der Waals surface area contributed by atoms with Crippen molar-refractivity contribution in [1.29, 1.82) is 10.5 Å². The smallest absolute Gasteiger partial charge is 0.0998 e. The van der Waals surface area contributed by atoms with E-state index < -0.39 is 0 Å². The Morgan fingerprint density at radius 2 is 1.65 bits per heavy atom. The lowest BCUT2D eigenvalue weighted by Gasteiger charge is -2.06. The maximum Gasteiger partial charge on any atom is 0.0998 e. The molecule has 0 aliphatic heterocycles. The summed E-state index contributed by atoms with van der Waals surface area (Å²) in [5.74, 6) is 0. The number of thiophene rings is 3. The molecule has 0 aliphatic rings. The molecule has 3 aromatic heterocycles. The molecule has 3 nitrogen and oxygen atoms in total. The quantitative estimate of drug-likeness (QED) is 0.392. The molecule has 126 valence electrons. The monoisotopic (exact) mass is 391 g/mol. The number of benzene rings is 1. The summed E-state index contributed by atoms with van der Waals surface area (Å²) in [6.07, 6.45) is 1.94.